The Kier molecular flexibility index (Phi) is 3.41. The molecule has 2 aliphatic heterocycles. The zero-order chi connectivity index (χ0) is 17.9. The molecule has 1 N–H and O–H groups in total. The van der Waals surface area contributed by atoms with Crippen LogP contribution < -0.4 is 5.32 Å². The van der Waals surface area contributed by atoms with Crippen LogP contribution in [0.4, 0.5) is 5.13 Å². The van der Waals surface area contributed by atoms with Gasteiger partial charge in [-0.3, -0.25) is 4.79 Å². The molecule has 3 aromatic rings. The Balaban J connectivity index is 1.38. The van der Waals surface area contributed by atoms with Gasteiger partial charge in [0.1, 0.15) is 5.15 Å². The molecule has 1 saturated carbocycles. The molecule has 7 heteroatoms. The van der Waals surface area contributed by atoms with Crippen molar-refractivity contribution in [1.29, 1.82) is 0 Å². The number of carbonyl (C=O) groups excluding carboxylic acids is 1. The van der Waals surface area contributed by atoms with E-state index in [1.54, 1.807) is 12.4 Å². The Hall–Kier alpha value is -2.02. The molecule has 4 heterocycles. The lowest BCUT2D eigenvalue weighted by Gasteiger charge is -2.40. The van der Waals surface area contributed by atoms with Gasteiger partial charge < -0.3 is 10.1 Å². The van der Waals surface area contributed by atoms with Crippen molar-refractivity contribution in [3.63, 3.8) is 0 Å². The summed E-state index contributed by atoms with van der Waals surface area (Å²) in [4.78, 5) is 22.1. The van der Waals surface area contributed by atoms with Gasteiger partial charge in [-0.15, -0.1) is 0 Å². The van der Waals surface area contributed by atoms with Gasteiger partial charge in [-0.2, -0.15) is 0 Å². The van der Waals surface area contributed by atoms with Crippen molar-refractivity contribution < 1.29 is 9.53 Å². The Labute approximate surface area is 159 Å². The number of nitrogens with zero attached hydrogens (tertiary/aromatic N) is 2. The summed E-state index contributed by atoms with van der Waals surface area (Å²) in [7, 11) is 0. The minimum Gasteiger partial charge on any atom is -0.374 e. The summed E-state index contributed by atoms with van der Waals surface area (Å²) in [6.45, 7) is 2.57. The summed E-state index contributed by atoms with van der Waals surface area (Å²) < 4.78 is 5.71. The summed E-state index contributed by atoms with van der Waals surface area (Å²) in [5.41, 5.74) is 0.566. The van der Waals surface area contributed by atoms with E-state index < -0.39 is 0 Å². The zero-order valence-electron chi connectivity index (χ0n) is 14.1. The first-order chi connectivity index (χ1) is 12.4. The second-order valence-corrected chi connectivity index (χ2v) is 8.84. The monoisotopic (exact) mass is 385 g/mol. The Morgan fingerprint density at radius 2 is 2.08 bits per heavy atom. The summed E-state index contributed by atoms with van der Waals surface area (Å²) in [5.74, 6) is 0.0183. The molecule has 1 amide bonds. The molecule has 0 radical (unpaired) electrons. The van der Waals surface area contributed by atoms with Gasteiger partial charge in [-0.05, 0) is 42.8 Å². The number of anilines is 1. The van der Waals surface area contributed by atoms with Crippen LogP contribution in [-0.4, -0.2) is 28.1 Å². The van der Waals surface area contributed by atoms with Crippen molar-refractivity contribution in [3.05, 3.63) is 41.8 Å². The maximum atomic E-state index is 12.6. The Bertz CT molecular complexity index is 1040. The van der Waals surface area contributed by atoms with Crippen LogP contribution in [0, 0.1) is 5.41 Å². The number of nitrogens with one attached hydrogen (secondary N) is 1. The molecule has 5 nitrogen and oxygen atoms in total. The van der Waals surface area contributed by atoms with E-state index >= 15 is 0 Å². The maximum absolute atomic E-state index is 12.6. The molecule has 0 spiro atoms. The number of thiazole rings is 1. The van der Waals surface area contributed by atoms with Crippen molar-refractivity contribution in [2.24, 2.45) is 5.41 Å². The highest BCUT2D eigenvalue weighted by molar-refractivity contribution is 7.19. The molecule has 0 atom stereocenters. The van der Waals surface area contributed by atoms with Crippen LogP contribution in [0.15, 0.2) is 36.7 Å². The minimum absolute atomic E-state index is 0.0183. The molecular weight excluding hydrogens is 370 g/mol. The molecule has 132 valence electrons. The molecule has 2 aromatic heterocycles. The average molecular weight is 386 g/mol. The quantitative estimate of drug-likeness (QED) is 0.673. The smallest absolute Gasteiger partial charge is 0.234 e. The minimum atomic E-state index is -0.368. The number of hydrogen-bond acceptors (Lipinski definition) is 5. The Morgan fingerprint density at radius 1 is 1.23 bits per heavy atom. The summed E-state index contributed by atoms with van der Waals surface area (Å²) >= 11 is 7.46. The van der Waals surface area contributed by atoms with Crippen LogP contribution in [-0.2, 0) is 9.53 Å². The van der Waals surface area contributed by atoms with Gasteiger partial charge in [-0.1, -0.05) is 35.1 Å². The summed E-state index contributed by atoms with van der Waals surface area (Å²) in [5, 5.41) is 6.12. The van der Waals surface area contributed by atoms with Crippen LogP contribution in [0.25, 0.3) is 21.2 Å². The van der Waals surface area contributed by atoms with Crippen LogP contribution in [0.3, 0.4) is 0 Å². The molecule has 1 aliphatic carbocycles. The molecule has 6 rings (SSSR count). The van der Waals surface area contributed by atoms with E-state index in [1.807, 2.05) is 18.2 Å². The van der Waals surface area contributed by atoms with E-state index in [1.165, 1.54) is 11.3 Å². The van der Waals surface area contributed by atoms with Crippen molar-refractivity contribution in [1.82, 2.24) is 9.97 Å². The van der Waals surface area contributed by atoms with Crippen molar-refractivity contribution >= 4 is 44.7 Å². The predicted octanol–water partition coefficient (Wildman–Crippen LogP) is 4.52. The van der Waals surface area contributed by atoms with Gasteiger partial charge in [0, 0.05) is 17.8 Å². The van der Waals surface area contributed by atoms with Gasteiger partial charge in [-0.25, -0.2) is 9.97 Å². The lowest BCUT2D eigenvalue weighted by atomic mass is 9.63. The average Bonchev–Trinajstić information content (AvgIpc) is 3.27. The Morgan fingerprint density at radius 3 is 2.85 bits per heavy atom. The van der Waals surface area contributed by atoms with Crippen LogP contribution in [0.1, 0.15) is 19.8 Å². The molecule has 3 aliphatic rings. The number of carbonyl (C=O) groups is 1. The molecule has 1 aromatic carbocycles. The SMILES string of the molecule is CC12CC(C(=O)Nc3ncc(-c4ccc5cnc(Cl)cc5c4)s3)(CO1)C2. The number of fused-ring (bicyclic) bond motifs is 2. The molecule has 2 saturated heterocycles. The van der Waals surface area contributed by atoms with Gasteiger partial charge in [0.2, 0.25) is 5.91 Å². The summed E-state index contributed by atoms with van der Waals surface area (Å²) in [6, 6.07) is 7.94. The highest BCUT2D eigenvalue weighted by Gasteiger charge is 2.63. The number of aromatic nitrogens is 2. The van der Waals surface area contributed by atoms with Crippen molar-refractivity contribution in [2.45, 2.75) is 25.4 Å². The third kappa shape index (κ3) is 2.52. The standard InChI is InChI=1S/C19H16ClN3O2S/c1-18-8-19(9-18,10-25-18)16(24)23-17-22-7-14(26-17)11-2-3-12-6-21-15(20)5-13(12)4-11/h2-7H,8-10H2,1H3,(H,22,23,24). The molecular formula is C19H16ClN3O2S. The second-order valence-electron chi connectivity index (χ2n) is 7.43. The first-order valence-electron chi connectivity index (χ1n) is 8.42. The van der Waals surface area contributed by atoms with E-state index in [9.17, 15) is 4.79 Å². The predicted molar refractivity (Wildman–Crippen MR) is 103 cm³/mol. The zero-order valence-corrected chi connectivity index (χ0v) is 15.7. The van der Waals surface area contributed by atoms with Crippen molar-refractivity contribution in [3.8, 4) is 10.4 Å². The normalized spacial score (nSPS) is 26.7. The second kappa shape index (κ2) is 5.49. The molecule has 2 bridgehead atoms. The number of halogens is 1. The number of ether oxygens (including phenoxy) is 1. The third-order valence-electron chi connectivity index (χ3n) is 5.30. The van der Waals surface area contributed by atoms with E-state index in [-0.39, 0.29) is 16.9 Å². The number of hydrogen-bond donors (Lipinski definition) is 1. The maximum Gasteiger partial charge on any atom is 0.234 e. The van der Waals surface area contributed by atoms with E-state index in [0.717, 1.165) is 34.1 Å². The van der Waals surface area contributed by atoms with E-state index in [2.05, 4.69) is 28.3 Å². The third-order valence-corrected chi connectivity index (χ3v) is 6.47. The van der Waals surface area contributed by atoms with Crippen molar-refractivity contribution in [2.75, 3.05) is 11.9 Å². The highest BCUT2D eigenvalue weighted by Crippen LogP contribution is 2.58. The van der Waals surface area contributed by atoms with Crippen LogP contribution in [0.5, 0.6) is 0 Å². The fraction of sp³-hybridized carbons (Fsp3) is 0.316. The number of rotatable bonds is 3. The number of amides is 1. The van der Waals surface area contributed by atoms with Gasteiger partial charge in [0.15, 0.2) is 5.13 Å². The van der Waals surface area contributed by atoms with Gasteiger partial charge in [0.25, 0.3) is 0 Å². The molecule has 0 unspecified atom stereocenters. The molecule has 26 heavy (non-hydrogen) atoms. The first-order valence-corrected chi connectivity index (χ1v) is 9.61. The first kappa shape index (κ1) is 16.2. The topological polar surface area (TPSA) is 64.1 Å². The summed E-state index contributed by atoms with van der Waals surface area (Å²) in [6.07, 6.45) is 5.14. The van der Waals surface area contributed by atoms with E-state index in [4.69, 9.17) is 16.3 Å². The van der Waals surface area contributed by atoms with Crippen LogP contribution in [0.2, 0.25) is 5.15 Å². The number of pyridine rings is 1. The molecule has 3 fully saturated rings. The number of benzene rings is 1. The van der Waals surface area contributed by atoms with Gasteiger partial charge in [0.05, 0.1) is 22.5 Å². The fourth-order valence-corrected chi connectivity index (χ4v) is 5.06. The lowest BCUT2D eigenvalue weighted by molar-refractivity contribution is -0.129. The highest BCUT2D eigenvalue weighted by atomic mass is 35.5. The van der Waals surface area contributed by atoms with Crippen LogP contribution >= 0.6 is 22.9 Å². The fourth-order valence-electron chi connectivity index (χ4n) is 4.08. The van der Waals surface area contributed by atoms with Gasteiger partial charge >= 0.3 is 0 Å². The largest absolute Gasteiger partial charge is 0.374 e. The lowest BCUT2D eigenvalue weighted by Crippen LogP contribution is -2.49. The van der Waals surface area contributed by atoms with E-state index in [0.29, 0.717) is 16.9 Å².